The van der Waals surface area contributed by atoms with Crippen molar-refractivity contribution >= 4 is 15.8 Å². The Hall–Kier alpha value is -2.06. The van der Waals surface area contributed by atoms with Gasteiger partial charge in [-0.2, -0.15) is 0 Å². The van der Waals surface area contributed by atoms with Crippen molar-refractivity contribution in [3.8, 4) is 11.5 Å². The first kappa shape index (κ1) is 19.3. The molecule has 2 bridgehead atoms. The van der Waals surface area contributed by atoms with Gasteiger partial charge < -0.3 is 4.57 Å². The molecule has 8 heteroatoms. The number of carbonyl (C=O) groups is 1. The summed E-state index contributed by atoms with van der Waals surface area (Å²) in [7, 11) is -3.56. The number of ketones is 1. The smallest absolute Gasteiger partial charge is 0.212 e. The zero-order valence-electron chi connectivity index (χ0n) is 16.3. The number of rotatable bonds is 7. The lowest BCUT2D eigenvalue weighted by Gasteiger charge is -2.36. The van der Waals surface area contributed by atoms with Gasteiger partial charge in [0.1, 0.15) is 11.5 Å². The Bertz CT molecular complexity index is 984. The van der Waals surface area contributed by atoms with Crippen molar-refractivity contribution in [1.29, 1.82) is 0 Å². The molecule has 7 nitrogen and oxygen atoms in total. The molecule has 150 valence electrons. The van der Waals surface area contributed by atoms with E-state index in [9.17, 15) is 13.2 Å². The van der Waals surface area contributed by atoms with E-state index in [2.05, 4.69) is 28.5 Å². The van der Waals surface area contributed by atoms with Gasteiger partial charge in [0.2, 0.25) is 10.0 Å². The Labute approximate surface area is 165 Å². The Kier molecular flexibility index (Phi) is 4.66. The zero-order valence-corrected chi connectivity index (χ0v) is 17.1. The molecule has 28 heavy (non-hydrogen) atoms. The van der Waals surface area contributed by atoms with Gasteiger partial charge in [0.25, 0.3) is 0 Å². The van der Waals surface area contributed by atoms with E-state index in [-0.39, 0.29) is 23.5 Å². The van der Waals surface area contributed by atoms with Gasteiger partial charge in [0.15, 0.2) is 5.82 Å². The molecule has 2 atom stereocenters. The van der Waals surface area contributed by atoms with E-state index in [1.54, 1.807) is 12.4 Å². The summed E-state index contributed by atoms with van der Waals surface area (Å²) in [5.74, 6) is 1.01. The van der Waals surface area contributed by atoms with Crippen LogP contribution in [0.15, 0.2) is 36.8 Å². The second-order valence-corrected chi connectivity index (χ2v) is 10.3. The van der Waals surface area contributed by atoms with Crippen LogP contribution in [0.3, 0.4) is 0 Å². The van der Waals surface area contributed by atoms with Crippen molar-refractivity contribution in [2.45, 2.75) is 39.7 Å². The van der Waals surface area contributed by atoms with Crippen LogP contribution in [0, 0.1) is 16.7 Å². The van der Waals surface area contributed by atoms with Crippen LogP contribution in [-0.2, 0) is 21.4 Å². The topological polar surface area (TPSA) is 93.9 Å². The fourth-order valence-electron chi connectivity index (χ4n) is 5.02. The van der Waals surface area contributed by atoms with Crippen LogP contribution >= 0.6 is 0 Å². The van der Waals surface area contributed by atoms with Crippen LogP contribution in [0.1, 0.15) is 33.1 Å². The van der Waals surface area contributed by atoms with Crippen LogP contribution in [0.2, 0.25) is 0 Å². The summed E-state index contributed by atoms with van der Waals surface area (Å²) >= 11 is 0. The third-order valence-electron chi connectivity index (χ3n) is 6.86. The maximum Gasteiger partial charge on any atom is 0.212 e. The molecule has 2 aliphatic carbocycles. The predicted octanol–water partition coefficient (Wildman–Crippen LogP) is 2.26. The molecule has 2 aromatic rings. The average molecular weight is 403 g/mol. The molecule has 2 unspecified atom stereocenters. The number of aromatic nitrogens is 3. The largest absolute Gasteiger partial charge is 0.328 e. The summed E-state index contributed by atoms with van der Waals surface area (Å²) in [5.41, 5.74) is -0.253. The molecular formula is C20H26N4O3S. The predicted molar refractivity (Wildman–Crippen MR) is 106 cm³/mol. The van der Waals surface area contributed by atoms with Gasteiger partial charge >= 0.3 is 0 Å². The van der Waals surface area contributed by atoms with Gasteiger partial charge in [-0.1, -0.05) is 19.9 Å². The van der Waals surface area contributed by atoms with Crippen LogP contribution in [0.4, 0.5) is 0 Å². The average Bonchev–Trinajstić information content (AvgIpc) is 3.25. The Morgan fingerprint density at radius 1 is 1.25 bits per heavy atom. The highest BCUT2D eigenvalue weighted by Crippen LogP contribution is 2.64. The number of nitrogens with zero attached hydrogens (tertiary/aromatic N) is 3. The van der Waals surface area contributed by atoms with Crippen molar-refractivity contribution in [2.75, 3.05) is 12.3 Å². The molecular weight excluding hydrogens is 376 g/mol. The first-order valence-electron chi connectivity index (χ1n) is 9.68. The van der Waals surface area contributed by atoms with E-state index >= 15 is 0 Å². The monoisotopic (exact) mass is 402 g/mol. The van der Waals surface area contributed by atoms with Crippen molar-refractivity contribution in [3.05, 3.63) is 36.8 Å². The van der Waals surface area contributed by atoms with Crippen LogP contribution in [0.25, 0.3) is 11.5 Å². The van der Waals surface area contributed by atoms with Crippen LogP contribution in [-0.4, -0.2) is 41.0 Å². The quantitative estimate of drug-likeness (QED) is 0.767. The molecule has 2 aromatic heterocycles. The molecule has 1 N–H and O–H groups in total. The highest BCUT2D eigenvalue weighted by atomic mass is 32.2. The third kappa shape index (κ3) is 3.08. The van der Waals surface area contributed by atoms with Crippen LogP contribution < -0.4 is 4.72 Å². The molecule has 2 aliphatic rings. The second-order valence-electron chi connectivity index (χ2n) is 8.48. The van der Waals surface area contributed by atoms with E-state index in [1.165, 1.54) is 0 Å². The summed E-state index contributed by atoms with van der Waals surface area (Å²) in [6.45, 7) is 4.79. The molecule has 2 saturated carbocycles. The van der Waals surface area contributed by atoms with E-state index < -0.39 is 15.4 Å². The Morgan fingerprint density at radius 2 is 2.07 bits per heavy atom. The normalized spacial score (nSPS) is 26.1. The minimum atomic E-state index is -3.56. The zero-order chi connectivity index (χ0) is 20.0. The maximum atomic E-state index is 12.8. The number of hydrogen-bond acceptors (Lipinski definition) is 5. The molecule has 2 heterocycles. The standard InChI is InChI=1S/C20H26N4O3S/c1-19(2)15-6-7-20(19,17(25)13-15)14-28(26,27)23-10-12-24-11-9-22-18(24)16-5-3-4-8-21-16/h3-5,8-9,11,15,23H,6-7,10,12-14H2,1-2H3. The van der Waals surface area contributed by atoms with E-state index in [0.717, 1.165) is 12.1 Å². The van der Waals surface area contributed by atoms with Crippen molar-refractivity contribution in [1.82, 2.24) is 19.3 Å². The summed E-state index contributed by atoms with van der Waals surface area (Å²) in [4.78, 5) is 21.2. The molecule has 0 aliphatic heterocycles. The number of imidazole rings is 1. The van der Waals surface area contributed by atoms with E-state index in [0.29, 0.717) is 31.1 Å². The number of nitrogens with one attached hydrogen (secondary N) is 1. The van der Waals surface area contributed by atoms with Crippen molar-refractivity contribution < 1.29 is 13.2 Å². The molecule has 0 radical (unpaired) electrons. The molecule has 0 saturated heterocycles. The summed E-state index contributed by atoms with van der Waals surface area (Å²) in [6, 6.07) is 5.59. The van der Waals surface area contributed by atoms with Gasteiger partial charge in [-0.3, -0.25) is 9.78 Å². The van der Waals surface area contributed by atoms with Crippen LogP contribution in [0.5, 0.6) is 0 Å². The molecule has 0 amide bonds. The minimum absolute atomic E-state index is 0.112. The Balaban J connectivity index is 1.42. The highest BCUT2D eigenvalue weighted by molar-refractivity contribution is 7.89. The maximum absolute atomic E-state index is 12.8. The number of pyridine rings is 1. The van der Waals surface area contributed by atoms with Gasteiger partial charge in [-0.25, -0.2) is 18.1 Å². The summed E-state index contributed by atoms with van der Waals surface area (Å²) in [5, 5.41) is 0. The summed E-state index contributed by atoms with van der Waals surface area (Å²) in [6.07, 6.45) is 7.32. The first-order chi connectivity index (χ1) is 13.3. The lowest BCUT2D eigenvalue weighted by molar-refractivity contribution is -0.128. The lowest BCUT2D eigenvalue weighted by atomic mass is 9.70. The third-order valence-corrected chi connectivity index (χ3v) is 8.38. The molecule has 4 rings (SSSR count). The van der Waals surface area contributed by atoms with Crippen molar-refractivity contribution in [2.24, 2.45) is 16.7 Å². The lowest BCUT2D eigenvalue weighted by Crippen LogP contribution is -2.45. The molecule has 0 spiro atoms. The first-order valence-corrected chi connectivity index (χ1v) is 11.3. The minimum Gasteiger partial charge on any atom is -0.328 e. The SMILES string of the molecule is CC1(C)C2CCC1(CS(=O)(=O)NCCn1ccnc1-c1ccccn1)C(=O)C2. The molecule has 0 aromatic carbocycles. The van der Waals surface area contributed by atoms with Gasteiger partial charge in [-0.15, -0.1) is 0 Å². The molecule has 2 fully saturated rings. The fraction of sp³-hybridized carbons (Fsp3) is 0.550. The summed E-state index contributed by atoms with van der Waals surface area (Å²) < 4.78 is 30.1. The van der Waals surface area contributed by atoms with Gasteiger partial charge in [0, 0.05) is 43.5 Å². The number of fused-ring (bicyclic) bond motifs is 2. The van der Waals surface area contributed by atoms with Gasteiger partial charge in [0.05, 0.1) is 5.75 Å². The number of Topliss-reactive ketones (excluding diaryl/α,β-unsaturated/α-hetero) is 1. The van der Waals surface area contributed by atoms with Gasteiger partial charge in [-0.05, 0) is 36.3 Å². The number of hydrogen-bond donors (Lipinski definition) is 1. The van der Waals surface area contributed by atoms with E-state index in [1.807, 2.05) is 29.0 Å². The van der Waals surface area contributed by atoms with Crippen molar-refractivity contribution in [3.63, 3.8) is 0 Å². The fourth-order valence-corrected chi connectivity index (χ4v) is 6.85. The number of carbonyl (C=O) groups excluding carboxylic acids is 1. The highest BCUT2D eigenvalue weighted by Gasteiger charge is 2.65. The van der Waals surface area contributed by atoms with E-state index in [4.69, 9.17) is 0 Å². The Morgan fingerprint density at radius 3 is 2.71 bits per heavy atom. The number of sulfonamides is 1. The second kappa shape index (κ2) is 6.77.